The Labute approximate surface area is 86.6 Å². The van der Waals surface area contributed by atoms with Gasteiger partial charge in [0, 0.05) is 6.61 Å². The molecule has 0 fully saturated rings. The van der Waals surface area contributed by atoms with Crippen molar-refractivity contribution in [1.29, 1.82) is 0 Å². The summed E-state index contributed by atoms with van der Waals surface area (Å²) in [6.45, 7) is 8.27. The van der Waals surface area contributed by atoms with E-state index in [2.05, 4.69) is 13.2 Å². The van der Waals surface area contributed by atoms with Gasteiger partial charge in [0.05, 0.1) is 6.61 Å². The van der Waals surface area contributed by atoms with E-state index in [1.807, 2.05) is 0 Å². The lowest BCUT2D eigenvalue weighted by Crippen LogP contribution is -1.92. The Morgan fingerprint density at radius 2 is 1.93 bits per heavy atom. The fourth-order valence-corrected chi connectivity index (χ4v) is 0.994. The second-order valence-corrected chi connectivity index (χ2v) is 3.05. The van der Waals surface area contributed by atoms with Crippen LogP contribution in [0.1, 0.15) is 25.7 Å². The number of unbranched alkanes of at least 4 members (excludes halogenated alkanes) is 3. The van der Waals surface area contributed by atoms with Gasteiger partial charge in [0.1, 0.15) is 5.76 Å². The Kier molecular flexibility index (Phi) is 9.33. The van der Waals surface area contributed by atoms with E-state index < -0.39 is 0 Å². The van der Waals surface area contributed by atoms with Crippen LogP contribution in [0.5, 0.6) is 0 Å². The van der Waals surface area contributed by atoms with E-state index in [1.54, 1.807) is 18.2 Å². The zero-order valence-electron chi connectivity index (χ0n) is 8.74. The van der Waals surface area contributed by atoms with Crippen LogP contribution < -0.4 is 0 Å². The summed E-state index contributed by atoms with van der Waals surface area (Å²) in [5.41, 5.74) is 0. The van der Waals surface area contributed by atoms with E-state index in [9.17, 15) is 0 Å². The standard InChI is InChI=1S/C12H20O2/c1-3-4-9-12(2)14-11-8-6-5-7-10-13/h3-4,9,13H,1-2,5-8,10-11H2/b9-4-. The Hall–Kier alpha value is -1.02. The Bertz CT molecular complexity index is 183. The van der Waals surface area contributed by atoms with Gasteiger partial charge in [0.15, 0.2) is 0 Å². The summed E-state index contributed by atoms with van der Waals surface area (Å²) < 4.78 is 5.33. The summed E-state index contributed by atoms with van der Waals surface area (Å²) in [5, 5.41) is 8.54. The molecular weight excluding hydrogens is 176 g/mol. The molecule has 0 unspecified atom stereocenters. The zero-order valence-corrected chi connectivity index (χ0v) is 8.74. The maximum atomic E-state index is 8.54. The summed E-state index contributed by atoms with van der Waals surface area (Å²) in [6, 6.07) is 0. The van der Waals surface area contributed by atoms with Crippen molar-refractivity contribution in [3.8, 4) is 0 Å². The van der Waals surface area contributed by atoms with Crippen molar-refractivity contribution >= 4 is 0 Å². The number of ether oxygens (including phenoxy) is 1. The van der Waals surface area contributed by atoms with Crippen molar-refractivity contribution in [1.82, 2.24) is 0 Å². The monoisotopic (exact) mass is 196 g/mol. The maximum absolute atomic E-state index is 8.54. The van der Waals surface area contributed by atoms with E-state index in [4.69, 9.17) is 9.84 Å². The van der Waals surface area contributed by atoms with E-state index >= 15 is 0 Å². The Morgan fingerprint density at radius 3 is 2.57 bits per heavy atom. The van der Waals surface area contributed by atoms with Gasteiger partial charge in [-0.05, 0) is 25.3 Å². The van der Waals surface area contributed by atoms with Gasteiger partial charge in [-0.25, -0.2) is 0 Å². The Balaban J connectivity index is 3.23. The predicted molar refractivity (Wildman–Crippen MR) is 60.0 cm³/mol. The zero-order chi connectivity index (χ0) is 10.6. The summed E-state index contributed by atoms with van der Waals surface area (Å²) in [7, 11) is 0. The van der Waals surface area contributed by atoms with Crippen molar-refractivity contribution in [2.75, 3.05) is 13.2 Å². The normalized spacial score (nSPS) is 10.4. The molecule has 0 bridgehead atoms. The average molecular weight is 196 g/mol. The van der Waals surface area contributed by atoms with Crippen molar-refractivity contribution in [2.24, 2.45) is 0 Å². The molecule has 0 radical (unpaired) electrons. The molecule has 0 aromatic carbocycles. The minimum absolute atomic E-state index is 0.287. The first kappa shape index (κ1) is 13.0. The lowest BCUT2D eigenvalue weighted by Gasteiger charge is -2.04. The predicted octanol–water partition coefficient (Wildman–Crippen LogP) is 2.81. The number of hydrogen-bond acceptors (Lipinski definition) is 2. The van der Waals surface area contributed by atoms with Crippen LogP contribution >= 0.6 is 0 Å². The lowest BCUT2D eigenvalue weighted by atomic mass is 10.2. The van der Waals surface area contributed by atoms with Crippen molar-refractivity contribution in [3.05, 3.63) is 37.1 Å². The number of aliphatic hydroxyl groups excluding tert-OH is 1. The number of allylic oxidation sites excluding steroid dienone is 3. The quantitative estimate of drug-likeness (QED) is 0.349. The SMILES string of the molecule is C=C/C=C\C(=C)OCCCCCCO. The van der Waals surface area contributed by atoms with E-state index in [-0.39, 0.29) is 6.61 Å². The van der Waals surface area contributed by atoms with Crippen LogP contribution in [-0.4, -0.2) is 18.3 Å². The third-order valence-electron chi connectivity index (χ3n) is 1.76. The molecule has 0 aromatic rings. The first-order valence-electron chi connectivity index (χ1n) is 5.03. The van der Waals surface area contributed by atoms with Crippen molar-refractivity contribution in [3.63, 3.8) is 0 Å². The highest BCUT2D eigenvalue weighted by Gasteiger charge is 1.91. The number of hydrogen-bond donors (Lipinski definition) is 1. The van der Waals surface area contributed by atoms with Gasteiger partial charge in [-0.3, -0.25) is 0 Å². The van der Waals surface area contributed by atoms with Gasteiger partial charge in [0.25, 0.3) is 0 Å². The molecule has 0 amide bonds. The molecule has 2 nitrogen and oxygen atoms in total. The highest BCUT2D eigenvalue weighted by Crippen LogP contribution is 2.02. The van der Waals surface area contributed by atoms with Gasteiger partial charge in [-0.15, -0.1) is 0 Å². The van der Waals surface area contributed by atoms with Gasteiger partial charge in [-0.1, -0.05) is 31.7 Å². The summed E-state index contributed by atoms with van der Waals surface area (Å²) >= 11 is 0. The third kappa shape index (κ3) is 9.07. The summed E-state index contributed by atoms with van der Waals surface area (Å²) in [6.07, 6.45) is 9.34. The second-order valence-electron chi connectivity index (χ2n) is 3.05. The minimum Gasteiger partial charge on any atom is -0.494 e. The van der Waals surface area contributed by atoms with Crippen LogP contribution in [0.15, 0.2) is 37.1 Å². The molecule has 1 N–H and O–H groups in total. The smallest absolute Gasteiger partial charge is 0.112 e. The van der Waals surface area contributed by atoms with Gasteiger partial charge >= 0.3 is 0 Å². The number of aliphatic hydroxyl groups is 1. The molecule has 0 atom stereocenters. The number of rotatable bonds is 9. The second kappa shape index (κ2) is 10.1. The van der Waals surface area contributed by atoms with Gasteiger partial charge in [0.2, 0.25) is 0 Å². The molecule has 0 saturated heterocycles. The van der Waals surface area contributed by atoms with Gasteiger partial charge in [-0.2, -0.15) is 0 Å². The van der Waals surface area contributed by atoms with Crippen LogP contribution in [0.25, 0.3) is 0 Å². The molecule has 0 aromatic heterocycles. The molecule has 0 aliphatic heterocycles. The van der Waals surface area contributed by atoms with Crippen LogP contribution in [0, 0.1) is 0 Å². The third-order valence-corrected chi connectivity index (χ3v) is 1.76. The van der Waals surface area contributed by atoms with E-state index in [1.165, 1.54) is 0 Å². The largest absolute Gasteiger partial charge is 0.494 e. The van der Waals surface area contributed by atoms with Crippen LogP contribution in [0.4, 0.5) is 0 Å². The van der Waals surface area contributed by atoms with Crippen LogP contribution in [0.3, 0.4) is 0 Å². The molecule has 0 spiro atoms. The minimum atomic E-state index is 0.287. The highest BCUT2D eigenvalue weighted by molar-refractivity contribution is 5.12. The lowest BCUT2D eigenvalue weighted by molar-refractivity contribution is 0.215. The Morgan fingerprint density at radius 1 is 1.21 bits per heavy atom. The molecule has 0 aliphatic rings. The molecule has 0 heterocycles. The van der Waals surface area contributed by atoms with E-state index in [0.29, 0.717) is 12.4 Å². The van der Waals surface area contributed by atoms with Crippen LogP contribution in [0.2, 0.25) is 0 Å². The topological polar surface area (TPSA) is 29.5 Å². The van der Waals surface area contributed by atoms with Gasteiger partial charge < -0.3 is 9.84 Å². The van der Waals surface area contributed by atoms with E-state index in [0.717, 1.165) is 25.7 Å². The molecule has 80 valence electrons. The molecule has 14 heavy (non-hydrogen) atoms. The fraction of sp³-hybridized carbons (Fsp3) is 0.500. The first-order valence-corrected chi connectivity index (χ1v) is 5.03. The van der Waals surface area contributed by atoms with Crippen molar-refractivity contribution < 1.29 is 9.84 Å². The highest BCUT2D eigenvalue weighted by atomic mass is 16.5. The molecule has 0 saturated carbocycles. The van der Waals surface area contributed by atoms with Crippen molar-refractivity contribution in [2.45, 2.75) is 25.7 Å². The average Bonchev–Trinajstić information content (AvgIpc) is 2.20. The summed E-state index contributed by atoms with van der Waals surface area (Å²) in [4.78, 5) is 0. The van der Waals surface area contributed by atoms with Crippen LogP contribution in [-0.2, 0) is 4.74 Å². The molecule has 0 rings (SSSR count). The first-order chi connectivity index (χ1) is 6.81. The molecule has 0 aliphatic carbocycles. The fourth-order valence-electron chi connectivity index (χ4n) is 0.994. The maximum Gasteiger partial charge on any atom is 0.112 e. The molecule has 2 heteroatoms. The summed E-state index contributed by atoms with van der Waals surface area (Å²) in [5.74, 6) is 0.673. The molecular formula is C12H20O2.